The molecule has 1 N–H and O–H groups in total. The fourth-order valence-electron chi connectivity index (χ4n) is 3.24. The maximum absolute atomic E-state index is 12.5. The van der Waals surface area contributed by atoms with E-state index in [0.717, 1.165) is 11.1 Å². The number of halogens is 1. The van der Waals surface area contributed by atoms with Gasteiger partial charge in [0.2, 0.25) is 0 Å². The van der Waals surface area contributed by atoms with Crippen LogP contribution in [0.25, 0.3) is 6.08 Å². The number of aliphatic imine (C=N–C) groups is 1. The standard InChI is InChI=1S/C26H23ClN2O4S/c1-3-32-23-14-17(12-13-22(23)33-16-18-8-4-5-9-19(18)27)15-24-25(30)29-26(34-24)28-20-10-6-7-11-21(20)31-2/h4-15H,3,16H2,1-2H3,(H,28,29,30)/b24-15-. The maximum atomic E-state index is 12.5. The summed E-state index contributed by atoms with van der Waals surface area (Å²) in [5.74, 6) is 1.62. The van der Waals surface area contributed by atoms with Gasteiger partial charge in [-0.2, -0.15) is 0 Å². The summed E-state index contributed by atoms with van der Waals surface area (Å²) in [7, 11) is 1.59. The van der Waals surface area contributed by atoms with E-state index in [4.69, 9.17) is 25.8 Å². The van der Waals surface area contributed by atoms with Crippen LogP contribution in [0.3, 0.4) is 0 Å². The number of amidine groups is 1. The SMILES string of the molecule is CCOc1cc(/C=C2\SC(=Nc3ccccc3OC)NC2=O)ccc1OCc1ccccc1Cl. The highest BCUT2D eigenvalue weighted by Gasteiger charge is 2.24. The van der Waals surface area contributed by atoms with Crippen LogP contribution in [0.15, 0.2) is 76.6 Å². The lowest BCUT2D eigenvalue weighted by atomic mass is 10.2. The number of nitrogens with one attached hydrogen (secondary N) is 1. The van der Waals surface area contributed by atoms with Crippen molar-refractivity contribution in [2.45, 2.75) is 13.5 Å². The molecule has 0 aliphatic carbocycles. The number of ether oxygens (including phenoxy) is 3. The molecular formula is C26H23ClN2O4S. The monoisotopic (exact) mass is 494 g/mol. The Morgan fingerprint density at radius 1 is 1.00 bits per heavy atom. The van der Waals surface area contributed by atoms with Crippen molar-refractivity contribution >= 4 is 46.2 Å². The molecule has 1 fully saturated rings. The third-order valence-electron chi connectivity index (χ3n) is 4.86. The number of hydrogen-bond acceptors (Lipinski definition) is 6. The molecule has 0 radical (unpaired) electrons. The first-order valence-electron chi connectivity index (χ1n) is 10.6. The molecule has 0 aromatic heterocycles. The zero-order valence-corrected chi connectivity index (χ0v) is 20.3. The molecule has 0 saturated carbocycles. The largest absolute Gasteiger partial charge is 0.494 e. The topological polar surface area (TPSA) is 69.2 Å². The molecule has 34 heavy (non-hydrogen) atoms. The van der Waals surface area contributed by atoms with E-state index < -0.39 is 0 Å². The van der Waals surface area contributed by atoms with Gasteiger partial charge in [-0.1, -0.05) is 48.0 Å². The molecule has 1 aliphatic heterocycles. The summed E-state index contributed by atoms with van der Waals surface area (Å²) < 4.78 is 17.1. The van der Waals surface area contributed by atoms with Gasteiger partial charge < -0.3 is 19.5 Å². The van der Waals surface area contributed by atoms with Crippen LogP contribution in [0.5, 0.6) is 17.2 Å². The van der Waals surface area contributed by atoms with Crippen molar-refractivity contribution in [3.63, 3.8) is 0 Å². The molecule has 1 saturated heterocycles. The Morgan fingerprint density at radius 2 is 1.79 bits per heavy atom. The first kappa shape index (κ1) is 23.7. The smallest absolute Gasteiger partial charge is 0.264 e. The summed E-state index contributed by atoms with van der Waals surface area (Å²) in [6, 6.07) is 20.5. The van der Waals surface area contributed by atoms with Gasteiger partial charge in [-0.15, -0.1) is 0 Å². The van der Waals surface area contributed by atoms with Crippen LogP contribution < -0.4 is 19.5 Å². The van der Waals surface area contributed by atoms with Crippen LogP contribution in [-0.4, -0.2) is 24.8 Å². The van der Waals surface area contributed by atoms with Crippen LogP contribution in [0.2, 0.25) is 5.02 Å². The van der Waals surface area contributed by atoms with E-state index in [2.05, 4.69) is 10.3 Å². The third-order valence-corrected chi connectivity index (χ3v) is 6.14. The van der Waals surface area contributed by atoms with Gasteiger partial charge in [0, 0.05) is 10.6 Å². The Labute approximate surface area is 207 Å². The molecule has 174 valence electrons. The van der Waals surface area contributed by atoms with Crippen molar-refractivity contribution in [2.24, 2.45) is 4.99 Å². The molecular weight excluding hydrogens is 472 g/mol. The average Bonchev–Trinajstić information content (AvgIpc) is 3.18. The molecule has 1 heterocycles. The summed E-state index contributed by atoms with van der Waals surface area (Å²) in [6.45, 7) is 2.71. The average molecular weight is 495 g/mol. The summed E-state index contributed by atoms with van der Waals surface area (Å²) in [6.07, 6.45) is 1.80. The Hall–Kier alpha value is -3.42. The Kier molecular flexibility index (Phi) is 7.77. The second-order valence-corrected chi connectivity index (χ2v) is 8.61. The lowest BCUT2D eigenvalue weighted by molar-refractivity contribution is -0.115. The molecule has 3 aromatic rings. The Bertz CT molecular complexity index is 1260. The zero-order valence-electron chi connectivity index (χ0n) is 18.7. The predicted molar refractivity (Wildman–Crippen MR) is 137 cm³/mol. The van der Waals surface area contributed by atoms with E-state index >= 15 is 0 Å². The number of nitrogens with zero attached hydrogens (tertiary/aromatic N) is 1. The lowest BCUT2D eigenvalue weighted by Crippen LogP contribution is -2.19. The molecule has 0 atom stereocenters. The Morgan fingerprint density at radius 3 is 2.59 bits per heavy atom. The molecule has 3 aromatic carbocycles. The van der Waals surface area contributed by atoms with Crippen LogP contribution in [0.4, 0.5) is 5.69 Å². The van der Waals surface area contributed by atoms with Crippen molar-refractivity contribution < 1.29 is 19.0 Å². The summed E-state index contributed by atoms with van der Waals surface area (Å²) in [5, 5.41) is 3.94. The second-order valence-electron chi connectivity index (χ2n) is 7.17. The maximum Gasteiger partial charge on any atom is 0.264 e. The number of carbonyl (C=O) groups excluding carboxylic acids is 1. The van der Waals surface area contributed by atoms with Crippen LogP contribution >= 0.6 is 23.4 Å². The number of carbonyl (C=O) groups is 1. The minimum absolute atomic E-state index is 0.212. The fourth-order valence-corrected chi connectivity index (χ4v) is 4.26. The highest BCUT2D eigenvalue weighted by Crippen LogP contribution is 2.34. The van der Waals surface area contributed by atoms with E-state index in [9.17, 15) is 4.79 Å². The van der Waals surface area contributed by atoms with Crippen LogP contribution in [-0.2, 0) is 11.4 Å². The molecule has 0 bridgehead atoms. The van der Waals surface area contributed by atoms with Gasteiger partial charge in [0.15, 0.2) is 16.7 Å². The fraction of sp³-hybridized carbons (Fsp3) is 0.154. The van der Waals surface area contributed by atoms with E-state index in [1.165, 1.54) is 11.8 Å². The van der Waals surface area contributed by atoms with Gasteiger partial charge >= 0.3 is 0 Å². The minimum atomic E-state index is -0.212. The van der Waals surface area contributed by atoms with Gasteiger partial charge in [0.05, 0.1) is 18.6 Å². The predicted octanol–water partition coefficient (Wildman–Crippen LogP) is 6.22. The van der Waals surface area contributed by atoms with Gasteiger partial charge in [-0.25, -0.2) is 4.99 Å². The van der Waals surface area contributed by atoms with Gasteiger partial charge in [0.1, 0.15) is 18.0 Å². The first-order chi connectivity index (χ1) is 16.6. The number of hydrogen-bond donors (Lipinski definition) is 1. The van der Waals surface area contributed by atoms with Crippen LogP contribution in [0.1, 0.15) is 18.1 Å². The normalized spacial score (nSPS) is 15.4. The number of benzene rings is 3. The third kappa shape index (κ3) is 5.73. The van der Waals surface area contributed by atoms with E-state index in [0.29, 0.717) is 51.2 Å². The van der Waals surface area contributed by atoms with E-state index in [1.807, 2.05) is 73.7 Å². The van der Waals surface area contributed by atoms with Gasteiger partial charge in [-0.05, 0) is 60.7 Å². The van der Waals surface area contributed by atoms with Crippen molar-refractivity contribution in [1.82, 2.24) is 5.32 Å². The molecule has 0 unspecified atom stereocenters. The molecule has 1 amide bonds. The lowest BCUT2D eigenvalue weighted by Gasteiger charge is -2.13. The van der Waals surface area contributed by atoms with Crippen molar-refractivity contribution in [2.75, 3.05) is 13.7 Å². The number of methoxy groups -OCH3 is 1. The Balaban J connectivity index is 1.53. The number of thioether (sulfide) groups is 1. The van der Waals surface area contributed by atoms with E-state index in [-0.39, 0.29) is 5.91 Å². The minimum Gasteiger partial charge on any atom is -0.494 e. The van der Waals surface area contributed by atoms with Crippen molar-refractivity contribution in [3.8, 4) is 17.2 Å². The highest BCUT2D eigenvalue weighted by molar-refractivity contribution is 8.18. The molecule has 4 rings (SSSR count). The molecule has 6 nitrogen and oxygen atoms in total. The van der Waals surface area contributed by atoms with Crippen LogP contribution in [0, 0.1) is 0 Å². The first-order valence-corrected chi connectivity index (χ1v) is 11.8. The molecule has 1 aliphatic rings. The summed E-state index contributed by atoms with van der Waals surface area (Å²) in [5.41, 5.74) is 2.34. The number of para-hydroxylation sites is 2. The molecule has 8 heteroatoms. The number of amides is 1. The van der Waals surface area contributed by atoms with Crippen molar-refractivity contribution in [1.29, 1.82) is 0 Å². The van der Waals surface area contributed by atoms with Crippen molar-refractivity contribution in [3.05, 3.63) is 87.8 Å². The molecule has 0 spiro atoms. The summed E-state index contributed by atoms with van der Waals surface area (Å²) >= 11 is 7.50. The summed E-state index contributed by atoms with van der Waals surface area (Å²) in [4.78, 5) is 17.6. The van der Waals surface area contributed by atoms with Gasteiger partial charge in [-0.3, -0.25) is 4.79 Å². The second kappa shape index (κ2) is 11.1. The quantitative estimate of drug-likeness (QED) is 0.376. The number of rotatable bonds is 8. The van der Waals surface area contributed by atoms with Gasteiger partial charge in [0.25, 0.3) is 5.91 Å². The highest BCUT2D eigenvalue weighted by atomic mass is 35.5. The zero-order chi connectivity index (χ0) is 23.9. The van der Waals surface area contributed by atoms with E-state index in [1.54, 1.807) is 13.2 Å².